The lowest BCUT2D eigenvalue weighted by Crippen LogP contribution is -2.23. The summed E-state index contributed by atoms with van der Waals surface area (Å²) in [6.45, 7) is 6.84. The van der Waals surface area contributed by atoms with Crippen molar-refractivity contribution in [1.29, 1.82) is 0 Å². The standard InChI is InChI=1S/C28H31N3O5/c1-4-34-21-12-10-20(11-13-21)30-28(33)22-8-6-7-9-23(22)29-17-27(32)31-24-16-25-19(14-18(3)36-25)15-26(24)35-5-2/h6-13,15-16,18,29H,4-5,14,17H2,1-3H3,(H,30,33)(H,31,32). The molecule has 8 nitrogen and oxygen atoms in total. The van der Waals surface area contributed by atoms with Gasteiger partial charge in [0, 0.05) is 29.4 Å². The van der Waals surface area contributed by atoms with Crippen LogP contribution >= 0.6 is 0 Å². The van der Waals surface area contributed by atoms with E-state index in [0.29, 0.717) is 41.6 Å². The summed E-state index contributed by atoms with van der Waals surface area (Å²) in [5, 5.41) is 8.85. The normalized spacial score (nSPS) is 13.8. The monoisotopic (exact) mass is 489 g/mol. The maximum absolute atomic E-state index is 12.9. The first-order valence-corrected chi connectivity index (χ1v) is 12.1. The van der Waals surface area contributed by atoms with Gasteiger partial charge in [0.1, 0.15) is 23.4 Å². The predicted octanol–water partition coefficient (Wildman–Crippen LogP) is 5.11. The van der Waals surface area contributed by atoms with Gasteiger partial charge in [0.05, 0.1) is 31.0 Å². The molecule has 4 rings (SSSR count). The van der Waals surface area contributed by atoms with Crippen molar-refractivity contribution in [3.8, 4) is 17.2 Å². The molecule has 3 aromatic carbocycles. The van der Waals surface area contributed by atoms with E-state index in [1.165, 1.54) is 0 Å². The van der Waals surface area contributed by atoms with Crippen LogP contribution in [0.2, 0.25) is 0 Å². The lowest BCUT2D eigenvalue weighted by molar-refractivity contribution is -0.114. The molecule has 0 fully saturated rings. The van der Waals surface area contributed by atoms with Crippen LogP contribution in [0.25, 0.3) is 0 Å². The Hall–Kier alpha value is -4.20. The highest BCUT2D eigenvalue weighted by Crippen LogP contribution is 2.38. The van der Waals surface area contributed by atoms with Crippen LogP contribution in [0.5, 0.6) is 17.2 Å². The van der Waals surface area contributed by atoms with Gasteiger partial charge in [-0.3, -0.25) is 9.59 Å². The van der Waals surface area contributed by atoms with E-state index in [2.05, 4.69) is 16.0 Å². The second-order valence-electron chi connectivity index (χ2n) is 8.38. The molecule has 3 N–H and O–H groups in total. The zero-order valence-corrected chi connectivity index (χ0v) is 20.7. The summed E-state index contributed by atoms with van der Waals surface area (Å²) >= 11 is 0. The van der Waals surface area contributed by atoms with Gasteiger partial charge in [-0.1, -0.05) is 12.1 Å². The van der Waals surface area contributed by atoms with E-state index < -0.39 is 0 Å². The molecule has 0 aliphatic carbocycles. The van der Waals surface area contributed by atoms with Gasteiger partial charge in [0.15, 0.2) is 0 Å². The van der Waals surface area contributed by atoms with Crippen LogP contribution in [0.15, 0.2) is 60.7 Å². The molecule has 1 atom stereocenters. The highest BCUT2D eigenvalue weighted by molar-refractivity contribution is 6.08. The third kappa shape index (κ3) is 6.07. The summed E-state index contributed by atoms with van der Waals surface area (Å²) in [5.74, 6) is 1.54. The molecule has 3 aromatic rings. The Morgan fingerprint density at radius 2 is 1.69 bits per heavy atom. The second-order valence-corrected chi connectivity index (χ2v) is 8.38. The van der Waals surface area contributed by atoms with E-state index in [-0.39, 0.29) is 24.5 Å². The molecule has 1 aliphatic heterocycles. The highest BCUT2D eigenvalue weighted by atomic mass is 16.5. The van der Waals surface area contributed by atoms with E-state index in [1.807, 2.05) is 26.8 Å². The minimum absolute atomic E-state index is 0.0345. The summed E-state index contributed by atoms with van der Waals surface area (Å²) in [4.78, 5) is 25.7. The fraction of sp³-hybridized carbons (Fsp3) is 0.286. The summed E-state index contributed by atoms with van der Waals surface area (Å²) < 4.78 is 17.0. The van der Waals surface area contributed by atoms with Crippen molar-refractivity contribution in [1.82, 2.24) is 0 Å². The zero-order valence-electron chi connectivity index (χ0n) is 20.7. The molecule has 36 heavy (non-hydrogen) atoms. The molecule has 1 aliphatic rings. The number of benzene rings is 3. The molecule has 0 spiro atoms. The van der Waals surface area contributed by atoms with Crippen LogP contribution in [0.4, 0.5) is 17.1 Å². The van der Waals surface area contributed by atoms with Gasteiger partial charge in [-0.25, -0.2) is 0 Å². The average Bonchev–Trinajstić information content (AvgIpc) is 3.23. The number of carbonyl (C=O) groups excluding carboxylic acids is 2. The molecule has 0 radical (unpaired) electrons. The van der Waals surface area contributed by atoms with Gasteiger partial charge in [-0.2, -0.15) is 0 Å². The Kier molecular flexibility index (Phi) is 7.95. The molecule has 8 heteroatoms. The first-order valence-electron chi connectivity index (χ1n) is 12.1. The molecular weight excluding hydrogens is 458 g/mol. The number of fused-ring (bicyclic) bond motifs is 1. The lowest BCUT2D eigenvalue weighted by Gasteiger charge is -2.15. The number of nitrogens with one attached hydrogen (secondary N) is 3. The molecule has 1 unspecified atom stereocenters. The van der Waals surface area contributed by atoms with Crippen molar-refractivity contribution < 1.29 is 23.8 Å². The van der Waals surface area contributed by atoms with Crippen molar-refractivity contribution >= 4 is 28.9 Å². The Morgan fingerprint density at radius 3 is 2.44 bits per heavy atom. The van der Waals surface area contributed by atoms with Crippen LogP contribution in [0.1, 0.15) is 36.7 Å². The summed E-state index contributed by atoms with van der Waals surface area (Å²) in [6.07, 6.45) is 0.896. The van der Waals surface area contributed by atoms with Crippen LogP contribution < -0.4 is 30.2 Å². The smallest absolute Gasteiger partial charge is 0.257 e. The number of hydrogen-bond donors (Lipinski definition) is 3. The summed E-state index contributed by atoms with van der Waals surface area (Å²) in [7, 11) is 0. The van der Waals surface area contributed by atoms with Gasteiger partial charge in [0.2, 0.25) is 5.91 Å². The number of hydrogen-bond acceptors (Lipinski definition) is 6. The Labute approximate surface area is 211 Å². The molecule has 2 amide bonds. The lowest BCUT2D eigenvalue weighted by atomic mass is 10.1. The van der Waals surface area contributed by atoms with Crippen molar-refractivity contribution in [2.24, 2.45) is 0 Å². The Balaban J connectivity index is 1.40. The van der Waals surface area contributed by atoms with Crippen LogP contribution in [-0.4, -0.2) is 37.7 Å². The van der Waals surface area contributed by atoms with Gasteiger partial charge in [0.25, 0.3) is 5.91 Å². The van der Waals surface area contributed by atoms with Crippen LogP contribution in [0.3, 0.4) is 0 Å². The van der Waals surface area contributed by atoms with E-state index in [4.69, 9.17) is 14.2 Å². The zero-order chi connectivity index (χ0) is 25.5. The SMILES string of the molecule is CCOc1ccc(NC(=O)c2ccccc2NCC(=O)Nc2cc3c(cc2OCC)CC(C)O3)cc1. The topological polar surface area (TPSA) is 97.9 Å². The van der Waals surface area contributed by atoms with Crippen LogP contribution in [0, 0.1) is 0 Å². The van der Waals surface area contributed by atoms with E-state index >= 15 is 0 Å². The number of para-hydroxylation sites is 1. The third-order valence-electron chi connectivity index (χ3n) is 5.61. The van der Waals surface area contributed by atoms with Crippen molar-refractivity contribution in [3.63, 3.8) is 0 Å². The van der Waals surface area contributed by atoms with Crippen molar-refractivity contribution in [3.05, 3.63) is 71.8 Å². The second kappa shape index (κ2) is 11.5. The number of amides is 2. The largest absolute Gasteiger partial charge is 0.494 e. The molecule has 0 saturated heterocycles. The summed E-state index contributed by atoms with van der Waals surface area (Å²) in [5.41, 5.74) is 3.24. The Bertz CT molecular complexity index is 1230. The highest BCUT2D eigenvalue weighted by Gasteiger charge is 2.22. The molecule has 0 bridgehead atoms. The molecule has 0 aromatic heterocycles. The Morgan fingerprint density at radius 1 is 0.944 bits per heavy atom. The fourth-order valence-electron chi connectivity index (χ4n) is 4.02. The molecule has 188 valence electrons. The predicted molar refractivity (Wildman–Crippen MR) is 141 cm³/mol. The van der Waals surface area contributed by atoms with Gasteiger partial charge in [-0.15, -0.1) is 0 Å². The first-order chi connectivity index (χ1) is 17.5. The van der Waals surface area contributed by atoms with Gasteiger partial charge >= 0.3 is 0 Å². The van der Waals surface area contributed by atoms with Gasteiger partial charge in [-0.05, 0) is 63.2 Å². The maximum atomic E-state index is 12.9. The number of rotatable bonds is 10. The summed E-state index contributed by atoms with van der Waals surface area (Å²) in [6, 6.07) is 17.9. The first kappa shape index (κ1) is 24.9. The van der Waals surface area contributed by atoms with Crippen LogP contribution in [-0.2, 0) is 11.2 Å². The minimum atomic E-state index is -0.286. The molecule has 1 heterocycles. The molecule has 0 saturated carbocycles. The fourth-order valence-corrected chi connectivity index (χ4v) is 4.02. The molecular formula is C28H31N3O5. The van der Waals surface area contributed by atoms with E-state index in [9.17, 15) is 9.59 Å². The third-order valence-corrected chi connectivity index (χ3v) is 5.61. The van der Waals surface area contributed by atoms with Crippen molar-refractivity contribution in [2.75, 3.05) is 35.7 Å². The number of ether oxygens (including phenoxy) is 3. The maximum Gasteiger partial charge on any atom is 0.257 e. The number of carbonyl (C=O) groups is 2. The average molecular weight is 490 g/mol. The van der Waals surface area contributed by atoms with Crippen molar-refractivity contribution in [2.45, 2.75) is 33.3 Å². The van der Waals surface area contributed by atoms with E-state index in [0.717, 1.165) is 23.5 Å². The number of anilines is 3. The van der Waals surface area contributed by atoms with E-state index in [1.54, 1.807) is 54.6 Å². The minimum Gasteiger partial charge on any atom is -0.494 e. The van der Waals surface area contributed by atoms with Gasteiger partial charge < -0.3 is 30.2 Å². The quantitative estimate of drug-likeness (QED) is 0.366.